The van der Waals surface area contributed by atoms with E-state index in [1.54, 1.807) is 6.07 Å². The van der Waals surface area contributed by atoms with Gasteiger partial charge in [0, 0.05) is 5.56 Å². The topological polar surface area (TPSA) is 160 Å². The van der Waals surface area contributed by atoms with E-state index in [2.05, 4.69) is 9.05 Å². The maximum absolute atomic E-state index is 10.8. The van der Waals surface area contributed by atoms with Gasteiger partial charge in [-0.3, -0.25) is 5.73 Å². The van der Waals surface area contributed by atoms with Gasteiger partial charge in [-0.25, -0.2) is 18.2 Å². The molecule has 1 aromatic carbocycles. The summed E-state index contributed by atoms with van der Waals surface area (Å²) in [5, 5.41) is 0. The zero-order valence-corrected chi connectivity index (χ0v) is 10.6. The molecule has 0 amide bonds. The van der Waals surface area contributed by atoms with E-state index in [4.69, 9.17) is 25.3 Å². The Morgan fingerprint density at radius 2 is 1.33 bits per heavy atom. The second kappa shape index (κ2) is 5.18. The van der Waals surface area contributed by atoms with Crippen molar-refractivity contribution in [3.8, 4) is 0 Å². The standard InChI is InChI=1S/C7H11NO8P2/c8-7(15-17(9,10)11,16-18(12,13)14)6-4-2-1-3-5-6/h1-5H,8H2,(H2,9,10,11)(H2,12,13,14). The van der Waals surface area contributed by atoms with Crippen LogP contribution in [-0.4, -0.2) is 19.6 Å². The molecule has 18 heavy (non-hydrogen) atoms. The van der Waals surface area contributed by atoms with E-state index in [1.165, 1.54) is 24.3 Å². The molecule has 102 valence electrons. The number of phosphoric acid groups is 2. The fraction of sp³-hybridized carbons (Fsp3) is 0.143. The lowest BCUT2D eigenvalue weighted by Gasteiger charge is -2.29. The molecule has 0 fully saturated rings. The van der Waals surface area contributed by atoms with E-state index in [0.717, 1.165) is 0 Å². The Bertz CT molecular complexity index is 469. The predicted molar refractivity (Wildman–Crippen MR) is 58.6 cm³/mol. The SMILES string of the molecule is NC(OP(=O)(O)O)(OP(=O)(O)O)c1ccccc1. The van der Waals surface area contributed by atoms with Crippen LogP contribution in [0.1, 0.15) is 5.56 Å². The molecule has 0 saturated carbocycles. The summed E-state index contributed by atoms with van der Waals surface area (Å²) >= 11 is 0. The molecule has 0 aliphatic rings. The number of hydrogen-bond donors (Lipinski definition) is 5. The third-order valence-corrected chi connectivity index (χ3v) is 2.70. The van der Waals surface area contributed by atoms with Gasteiger partial charge >= 0.3 is 15.6 Å². The van der Waals surface area contributed by atoms with Crippen molar-refractivity contribution in [1.82, 2.24) is 0 Å². The van der Waals surface area contributed by atoms with Gasteiger partial charge in [-0.15, -0.1) is 0 Å². The number of rotatable bonds is 5. The first-order valence-electron chi connectivity index (χ1n) is 4.39. The van der Waals surface area contributed by atoms with Gasteiger partial charge in [-0.05, 0) is 0 Å². The van der Waals surface area contributed by atoms with Crippen LogP contribution in [0.5, 0.6) is 0 Å². The average molecular weight is 299 g/mol. The van der Waals surface area contributed by atoms with Crippen molar-refractivity contribution in [2.45, 2.75) is 5.91 Å². The average Bonchev–Trinajstić information content (AvgIpc) is 2.13. The summed E-state index contributed by atoms with van der Waals surface area (Å²) in [7, 11) is -10.3. The Balaban J connectivity index is 3.18. The molecule has 0 atom stereocenters. The first-order valence-corrected chi connectivity index (χ1v) is 7.45. The first kappa shape index (κ1) is 15.5. The smallest absolute Gasteiger partial charge is 0.303 e. The summed E-state index contributed by atoms with van der Waals surface area (Å²) in [5.41, 5.74) is 5.19. The first-order chi connectivity index (χ1) is 8.02. The monoisotopic (exact) mass is 299 g/mol. The van der Waals surface area contributed by atoms with Gasteiger partial charge in [0.25, 0.3) is 5.91 Å². The van der Waals surface area contributed by atoms with Gasteiger partial charge in [0.1, 0.15) is 0 Å². The van der Waals surface area contributed by atoms with Crippen molar-refractivity contribution in [1.29, 1.82) is 0 Å². The van der Waals surface area contributed by atoms with Crippen LogP contribution in [0.2, 0.25) is 0 Å². The molecular weight excluding hydrogens is 288 g/mol. The van der Waals surface area contributed by atoms with E-state index in [1.807, 2.05) is 0 Å². The molecule has 0 aliphatic carbocycles. The van der Waals surface area contributed by atoms with Crippen LogP contribution in [0.4, 0.5) is 0 Å². The van der Waals surface area contributed by atoms with Crippen molar-refractivity contribution in [3.05, 3.63) is 35.9 Å². The molecule has 0 saturated heterocycles. The van der Waals surface area contributed by atoms with Gasteiger partial charge in [0.05, 0.1) is 0 Å². The molecular formula is C7H11NO8P2. The van der Waals surface area contributed by atoms with Crippen molar-refractivity contribution >= 4 is 15.6 Å². The minimum absolute atomic E-state index is 0.170. The molecule has 6 N–H and O–H groups in total. The molecule has 0 heterocycles. The predicted octanol–water partition coefficient (Wildman–Crippen LogP) is -0.0258. The van der Waals surface area contributed by atoms with E-state index in [9.17, 15) is 9.13 Å². The number of nitrogens with two attached hydrogens (primary N) is 1. The van der Waals surface area contributed by atoms with E-state index in [-0.39, 0.29) is 5.56 Å². The normalized spacial score (nSPS) is 13.6. The fourth-order valence-corrected chi connectivity index (χ4v) is 2.20. The summed E-state index contributed by atoms with van der Waals surface area (Å²) in [6, 6.07) is 6.85. The number of benzene rings is 1. The lowest BCUT2D eigenvalue weighted by molar-refractivity contribution is -0.142. The highest BCUT2D eigenvalue weighted by Crippen LogP contribution is 2.50. The summed E-state index contributed by atoms with van der Waals surface area (Å²) < 4.78 is 29.8. The van der Waals surface area contributed by atoms with E-state index in [0.29, 0.717) is 0 Å². The minimum atomic E-state index is -5.13. The van der Waals surface area contributed by atoms with Crippen molar-refractivity contribution in [2.75, 3.05) is 0 Å². The Morgan fingerprint density at radius 1 is 0.944 bits per heavy atom. The molecule has 0 radical (unpaired) electrons. The van der Waals surface area contributed by atoms with E-state index < -0.39 is 21.6 Å². The van der Waals surface area contributed by atoms with Crippen LogP contribution in [0.3, 0.4) is 0 Å². The summed E-state index contributed by atoms with van der Waals surface area (Å²) in [5.74, 6) is -2.76. The molecule has 1 rings (SSSR count). The highest BCUT2D eigenvalue weighted by molar-refractivity contribution is 7.47. The molecule has 0 aliphatic heterocycles. The van der Waals surface area contributed by atoms with Gasteiger partial charge in [0.15, 0.2) is 0 Å². The second-order valence-electron chi connectivity index (χ2n) is 3.20. The Kier molecular flexibility index (Phi) is 4.45. The molecule has 1 aromatic rings. The number of hydrogen-bond acceptors (Lipinski definition) is 5. The Hall–Kier alpha value is -0.600. The zero-order valence-electron chi connectivity index (χ0n) is 8.78. The largest absolute Gasteiger partial charge is 0.473 e. The Labute approximate surface area is 102 Å². The number of phosphoric ester groups is 2. The second-order valence-corrected chi connectivity index (χ2v) is 5.52. The zero-order chi connectivity index (χ0) is 14.0. The maximum Gasteiger partial charge on any atom is 0.473 e. The van der Waals surface area contributed by atoms with Crippen LogP contribution in [0.25, 0.3) is 0 Å². The molecule has 0 unspecified atom stereocenters. The molecule has 0 bridgehead atoms. The van der Waals surface area contributed by atoms with Crippen molar-refractivity contribution < 1.29 is 37.8 Å². The van der Waals surface area contributed by atoms with Crippen LogP contribution in [-0.2, 0) is 24.1 Å². The lowest BCUT2D eigenvalue weighted by Crippen LogP contribution is -2.40. The van der Waals surface area contributed by atoms with Crippen LogP contribution in [0.15, 0.2) is 30.3 Å². The van der Waals surface area contributed by atoms with Gasteiger partial charge in [0.2, 0.25) is 0 Å². The summed E-state index contributed by atoms with van der Waals surface area (Å²) in [6.07, 6.45) is 0. The molecule has 11 heteroatoms. The summed E-state index contributed by atoms with van der Waals surface area (Å²) in [4.78, 5) is 34.7. The third-order valence-electron chi connectivity index (χ3n) is 1.69. The van der Waals surface area contributed by atoms with E-state index >= 15 is 0 Å². The molecule has 0 aromatic heterocycles. The highest BCUT2D eigenvalue weighted by Gasteiger charge is 2.42. The maximum atomic E-state index is 10.8. The van der Waals surface area contributed by atoms with Gasteiger partial charge in [-0.1, -0.05) is 30.3 Å². The third kappa shape index (κ3) is 4.95. The molecule has 0 spiro atoms. The van der Waals surface area contributed by atoms with Crippen LogP contribution >= 0.6 is 15.6 Å². The quantitative estimate of drug-likeness (QED) is 0.371. The van der Waals surface area contributed by atoms with Gasteiger partial charge in [-0.2, -0.15) is 0 Å². The minimum Gasteiger partial charge on any atom is -0.303 e. The fourth-order valence-electron chi connectivity index (χ4n) is 1.15. The van der Waals surface area contributed by atoms with Crippen molar-refractivity contribution in [3.63, 3.8) is 0 Å². The lowest BCUT2D eigenvalue weighted by atomic mass is 10.2. The Morgan fingerprint density at radius 3 is 1.67 bits per heavy atom. The van der Waals surface area contributed by atoms with Crippen molar-refractivity contribution in [2.24, 2.45) is 5.73 Å². The van der Waals surface area contributed by atoms with Crippen LogP contribution in [0, 0.1) is 0 Å². The highest BCUT2D eigenvalue weighted by atomic mass is 31.2. The van der Waals surface area contributed by atoms with Crippen LogP contribution < -0.4 is 5.73 Å². The molecule has 9 nitrogen and oxygen atoms in total. The van der Waals surface area contributed by atoms with Gasteiger partial charge < -0.3 is 19.6 Å². The summed E-state index contributed by atoms with van der Waals surface area (Å²) in [6.45, 7) is 0.